The minimum absolute atomic E-state index is 0.346. The summed E-state index contributed by atoms with van der Waals surface area (Å²) < 4.78 is 4.96. The number of carbonyl (C=O) groups excluding carboxylic acids is 2. The van der Waals surface area contributed by atoms with E-state index in [1.54, 1.807) is 18.2 Å². The van der Waals surface area contributed by atoms with E-state index in [2.05, 4.69) is 15.5 Å². The van der Waals surface area contributed by atoms with Gasteiger partial charge in [0.05, 0.1) is 18.7 Å². The molecule has 1 aromatic carbocycles. The van der Waals surface area contributed by atoms with Gasteiger partial charge in [0.15, 0.2) is 0 Å². The van der Waals surface area contributed by atoms with Gasteiger partial charge in [-0.15, -0.1) is 0 Å². The summed E-state index contributed by atoms with van der Waals surface area (Å²) in [5.41, 5.74) is 1.66. The number of esters is 1. The second kappa shape index (κ2) is 7.23. The number of benzene rings is 1. The Morgan fingerprint density at radius 2 is 2.04 bits per heavy atom. The molecule has 2 amide bonds. The molecule has 1 saturated heterocycles. The third-order valence-electron chi connectivity index (χ3n) is 4.36. The fourth-order valence-corrected chi connectivity index (χ4v) is 3.45. The first-order valence-electron chi connectivity index (χ1n) is 7.96. The number of hydrogen-bond donors (Lipinski definition) is 2. The Bertz CT molecular complexity index is 683. The van der Waals surface area contributed by atoms with E-state index in [0.29, 0.717) is 28.4 Å². The van der Waals surface area contributed by atoms with Gasteiger partial charge in [0, 0.05) is 17.3 Å². The third kappa shape index (κ3) is 3.39. The lowest BCUT2D eigenvalue weighted by Crippen LogP contribution is -2.48. The lowest BCUT2D eigenvalue weighted by molar-refractivity contribution is -0.136. The number of hydrogen-bond acceptors (Lipinski definition) is 4. The molecule has 2 aliphatic heterocycles. The summed E-state index contributed by atoms with van der Waals surface area (Å²) in [6.07, 6.45) is 2.25. The number of carbonyl (C=O) groups is 2. The first kappa shape index (κ1) is 16.8. The Kier molecular flexibility index (Phi) is 5.06. The highest BCUT2D eigenvalue weighted by Gasteiger charge is 2.35. The van der Waals surface area contributed by atoms with Gasteiger partial charge < -0.3 is 15.4 Å². The summed E-state index contributed by atoms with van der Waals surface area (Å²) >= 11 is 6.28. The van der Waals surface area contributed by atoms with Crippen LogP contribution in [0.5, 0.6) is 0 Å². The van der Waals surface area contributed by atoms with Crippen LogP contribution in [0.1, 0.15) is 24.4 Å². The van der Waals surface area contributed by atoms with Gasteiger partial charge in [-0.25, -0.2) is 9.59 Å². The van der Waals surface area contributed by atoms with Crippen LogP contribution >= 0.6 is 11.6 Å². The predicted molar refractivity (Wildman–Crippen MR) is 90.6 cm³/mol. The van der Waals surface area contributed by atoms with Crippen molar-refractivity contribution in [3.8, 4) is 0 Å². The van der Waals surface area contributed by atoms with Crippen LogP contribution in [0.25, 0.3) is 0 Å². The topological polar surface area (TPSA) is 70.7 Å². The van der Waals surface area contributed by atoms with Crippen molar-refractivity contribution in [2.75, 3.05) is 26.7 Å². The zero-order valence-electron chi connectivity index (χ0n) is 13.5. The van der Waals surface area contributed by atoms with Crippen LogP contribution in [0.4, 0.5) is 4.79 Å². The van der Waals surface area contributed by atoms with Crippen molar-refractivity contribution >= 4 is 23.6 Å². The van der Waals surface area contributed by atoms with Crippen LogP contribution in [0.3, 0.4) is 0 Å². The number of urea groups is 1. The lowest BCUT2D eigenvalue weighted by Gasteiger charge is -2.31. The molecular formula is C17H20ClN3O3. The highest BCUT2D eigenvalue weighted by molar-refractivity contribution is 6.31. The van der Waals surface area contributed by atoms with Crippen molar-refractivity contribution < 1.29 is 14.3 Å². The van der Waals surface area contributed by atoms with Crippen LogP contribution in [-0.4, -0.2) is 43.6 Å². The molecule has 0 aliphatic carbocycles. The zero-order valence-corrected chi connectivity index (χ0v) is 14.2. The molecule has 0 radical (unpaired) electrons. The number of nitrogens with zero attached hydrogens (tertiary/aromatic N) is 1. The summed E-state index contributed by atoms with van der Waals surface area (Å²) in [7, 11) is 1.34. The van der Waals surface area contributed by atoms with E-state index in [1.807, 2.05) is 6.07 Å². The van der Waals surface area contributed by atoms with Crippen molar-refractivity contribution in [2.45, 2.75) is 18.9 Å². The Labute approximate surface area is 145 Å². The molecular weight excluding hydrogens is 330 g/mol. The molecule has 0 spiro atoms. The molecule has 7 heteroatoms. The van der Waals surface area contributed by atoms with Gasteiger partial charge in [0.25, 0.3) is 0 Å². The average molecular weight is 350 g/mol. The number of halogens is 1. The molecule has 24 heavy (non-hydrogen) atoms. The minimum atomic E-state index is -0.627. The predicted octanol–water partition coefficient (Wildman–Crippen LogP) is 2.22. The van der Waals surface area contributed by atoms with Gasteiger partial charge in [-0.2, -0.15) is 0 Å². The van der Waals surface area contributed by atoms with Gasteiger partial charge in [0.2, 0.25) is 0 Å². The SMILES string of the molecule is COC(=O)C1=C(CN2CCCC2)NC(=O)N[C@H]1c1ccccc1Cl. The lowest BCUT2D eigenvalue weighted by atomic mass is 9.95. The van der Waals surface area contributed by atoms with Crippen molar-refractivity contribution in [1.29, 1.82) is 0 Å². The maximum atomic E-state index is 12.4. The molecule has 0 bridgehead atoms. The van der Waals surface area contributed by atoms with Gasteiger partial charge in [0.1, 0.15) is 0 Å². The normalized spacial score (nSPS) is 21.4. The molecule has 0 saturated carbocycles. The zero-order chi connectivity index (χ0) is 17.1. The van der Waals surface area contributed by atoms with Crippen molar-refractivity contribution in [1.82, 2.24) is 15.5 Å². The molecule has 2 aliphatic rings. The second-order valence-electron chi connectivity index (χ2n) is 5.92. The summed E-state index contributed by atoms with van der Waals surface area (Å²) in [6.45, 7) is 2.43. The van der Waals surface area contributed by atoms with E-state index >= 15 is 0 Å². The molecule has 2 N–H and O–H groups in total. The maximum absolute atomic E-state index is 12.4. The molecule has 1 atom stereocenters. The number of amides is 2. The monoisotopic (exact) mass is 349 g/mol. The number of likely N-dealkylation sites (tertiary alicyclic amines) is 1. The molecule has 1 aromatic rings. The number of methoxy groups -OCH3 is 1. The first-order valence-corrected chi connectivity index (χ1v) is 8.33. The summed E-state index contributed by atoms with van der Waals surface area (Å²) in [6, 6.07) is 6.19. The highest BCUT2D eigenvalue weighted by atomic mass is 35.5. The van der Waals surface area contributed by atoms with E-state index in [4.69, 9.17) is 16.3 Å². The first-order chi connectivity index (χ1) is 11.6. The quantitative estimate of drug-likeness (QED) is 0.818. The van der Waals surface area contributed by atoms with Crippen LogP contribution < -0.4 is 10.6 Å². The molecule has 0 aromatic heterocycles. The fraction of sp³-hybridized carbons (Fsp3) is 0.412. The summed E-state index contributed by atoms with van der Waals surface area (Å²) in [4.78, 5) is 26.8. The van der Waals surface area contributed by atoms with Crippen molar-refractivity contribution in [2.24, 2.45) is 0 Å². The Morgan fingerprint density at radius 3 is 2.71 bits per heavy atom. The molecule has 6 nitrogen and oxygen atoms in total. The Morgan fingerprint density at radius 1 is 1.33 bits per heavy atom. The van der Waals surface area contributed by atoms with E-state index < -0.39 is 12.0 Å². The van der Waals surface area contributed by atoms with Gasteiger partial charge in [-0.1, -0.05) is 29.8 Å². The summed E-state index contributed by atoms with van der Waals surface area (Å²) in [5.74, 6) is -0.471. The average Bonchev–Trinajstić information content (AvgIpc) is 3.07. The molecule has 3 rings (SSSR count). The Balaban J connectivity index is 2.03. The molecule has 128 valence electrons. The fourth-order valence-electron chi connectivity index (χ4n) is 3.20. The van der Waals surface area contributed by atoms with Crippen molar-refractivity contribution in [3.63, 3.8) is 0 Å². The number of ether oxygens (including phenoxy) is 1. The van der Waals surface area contributed by atoms with E-state index in [0.717, 1.165) is 25.9 Å². The standard InChI is InChI=1S/C17H20ClN3O3/c1-24-16(22)14-13(10-21-8-4-5-9-21)19-17(23)20-15(14)11-6-2-3-7-12(11)18/h2-3,6-7,15H,4-5,8-10H2,1H3,(H2,19,20,23)/t15-/m0/s1. The minimum Gasteiger partial charge on any atom is -0.466 e. The molecule has 1 fully saturated rings. The van der Waals surface area contributed by atoms with E-state index in [1.165, 1.54) is 7.11 Å². The van der Waals surface area contributed by atoms with Gasteiger partial charge in [-0.05, 0) is 37.6 Å². The molecule has 0 unspecified atom stereocenters. The van der Waals surface area contributed by atoms with Gasteiger partial charge >= 0.3 is 12.0 Å². The van der Waals surface area contributed by atoms with E-state index in [-0.39, 0.29) is 6.03 Å². The highest BCUT2D eigenvalue weighted by Crippen LogP contribution is 2.32. The van der Waals surface area contributed by atoms with Crippen molar-refractivity contribution in [3.05, 3.63) is 46.1 Å². The number of rotatable bonds is 4. The smallest absolute Gasteiger partial charge is 0.338 e. The van der Waals surface area contributed by atoms with E-state index in [9.17, 15) is 9.59 Å². The van der Waals surface area contributed by atoms with Crippen LogP contribution in [-0.2, 0) is 9.53 Å². The van der Waals surface area contributed by atoms with Crippen LogP contribution in [0, 0.1) is 0 Å². The largest absolute Gasteiger partial charge is 0.466 e. The third-order valence-corrected chi connectivity index (χ3v) is 4.70. The summed E-state index contributed by atoms with van der Waals surface area (Å²) in [5, 5.41) is 6.05. The van der Waals surface area contributed by atoms with Crippen LogP contribution in [0.2, 0.25) is 5.02 Å². The van der Waals surface area contributed by atoms with Gasteiger partial charge in [-0.3, -0.25) is 4.90 Å². The Hall–Kier alpha value is -2.05. The second-order valence-corrected chi connectivity index (χ2v) is 6.33. The molecule has 2 heterocycles. The number of nitrogens with one attached hydrogen (secondary N) is 2. The van der Waals surface area contributed by atoms with Crippen LogP contribution in [0.15, 0.2) is 35.5 Å². The maximum Gasteiger partial charge on any atom is 0.338 e.